The minimum absolute atomic E-state index is 0.304. The van der Waals surface area contributed by atoms with Crippen LogP contribution in [0.4, 0.5) is 5.69 Å². The van der Waals surface area contributed by atoms with Gasteiger partial charge in [0.25, 0.3) is 0 Å². The molecule has 0 fully saturated rings. The first-order valence-corrected chi connectivity index (χ1v) is 9.21. The van der Waals surface area contributed by atoms with Gasteiger partial charge >= 0.3 is 5.97 Å². The topological polar surface area (TPSA) is 67.9 Å². The van der Waals surface area contributed by atoms with Crippen LogP contribution in [0.2, 0.25) is 0 Å². The molecule has 0 saturated carbocycles. The number of nitrogens with one attached hydrogen (secondary N) is 3. The van der Waals surface area contributed by atoms with Crippen molar-refractivity contribution < 1.29 is 18.8 Å². The van der Waals surface area contributed by atoms with E-state index in [0.29, 0.717) is 23.8 Å². The summed E-state index contributed by atoms with van der Waals surface area (Å²) in [6.45, 7) is 8.08. The van der Waals surface area contributed by atoms with Gasteiger partial charge in [-0.15, -0.1) is 0 Å². The first-order chi connectivity index (χ1) is 12.6. The van der Waals surface area contributed by atoms with E-state index in [2.05, 4.69) is 24.5 Å². The Kier molecular flexibility index (Phi) is 8.11. The molecule has 140 valence electrons. The second-order valence-corrected chi connectivity index (χ2v) is 6.22. The maximum absolute atomic E-state index is 12.1. The Hall–Kier alpha value is -2.38. The number of thiocarbonyl (C=S) groups is 1. The minimum Gasteiger partial charge on any atom is -0.467 e. The molecule has 0 unspecified atom stereocenters. The number of esters is 1. The van der Waals surface area contributed by atoms with E-state index in [0.717, 1.165) is 31.1 Å². The molecule has 7 heteroatoms. The molecule has 0 aliphatic carbocycles. The number of carbonyl (C=O) groups excluding carboxylic acids is 1. The highest BCUT2D eigenvalue weighted by atomic mass is 32.1. The van der Waals surface area contributed by atoms with Gasteiger partial charge in [-0.1, -0.05) is 0 Å². The van der Waals surface area contributed by atoms with Crippen LogP contribution in [0.3, 0.4) is 0 Å². The van der Waals surface area contributed by atoms with E-state index in [1.807, 2.05) is 12.1 Å². The average molecular weight is 377 g/mol. The van der Waals surface area contributed by atoms with Gasteiger partial charge in [0.15, 0.2) is 5.11 Å². The van der Waals surface area contributed by atoms with Crippen molar-refractivity contribution in [3.63, 3.8) is 0 Å². The van der Waals surface area contributed by atoms with Crippen molar-refractivity contribution in [3.8, 4) is 0 Å². The number of carbonyl (C=O) groups is 1. The van der Waals surface area contributed by atoms with E-state index in [9.17, 15) is 4.79 Å². The number of anilines is 1. The molecule has 2 rings (SSSR count). The molecule has 2 aromatic rings. The molecule has 0 spiro atoms. The zero-order chi connectivity index (χ0) is 18.8. The summed E-state index contributed by atoms with van der Waals surface area (Å²) in [5, 5.41) is 6.61. The van der Waals surface area contributed by atoms with Gasteiger partial charge in [-0.25, -0.2) is 4.79 Å². The van der Waals surface area contributed by atoms with Crippen molar-refractivity contribution >= 4 is 29.0 Å². The first-order valence-electron chi connectivity index (χ1n) is 8.80. The molecule has 0 amide bonds. The fraction of sp³-hybridized carbons (Fsp3) is 0.368. The standard InChI is InChI=1S/C19H25N3O3S/c1-3-22(4-2)11-13-25-18(23)15-7-9-16(10-8-15)21-19(26)20-14-17-6-5-12-24-17/h5-10,12H,3-4,11,13-14H2,1-2H3,(H2,20,21,26)/p+1. The largest absolute Gasteiger partial charge is 0.467 e. The van der Waals surface area contributed by atoms with E-state index in [1.165, 1.54) is 4.90 Å². The highest BCUT2D eigenvalue weighted by Gasteiger charge is 2.09. The summed E-state index contributed by atoms with van der Waals surface area (Å²) in [5.74, 6) is 0.500. The van der Waals surface area contributed by atoms with Gasteiger partial charge < -0.3 is 24.7 Å². The number of furan rings is 1. The monoisotopic (exact) mass is 376 g/mol. The summed E-state index contributed by atoms with van der Waals surface area (Å²) < 4.78 is 10.6. The van der Waals surface area contributed by atoms with Crippen LogP contribution < -0.4 is 15.5 Å². The summed E-state index contributed by atoms with van der Waals surface area (Å²) in [4.78, 5) is 13.5. The Morgan fingerprint density at radius 1 is 1.19 bits per heavy atom. The highest BCUT2D eigenvalue weighted by Crippen LogP contribution is 2.10. The van der Waals surface area contributed by atoms with E-state index < -0.39 is 0 Å². The first kappa shape index (κ1) is 19.9. The van der Waals surface area contributed by atoms with Crippen LogP contribution in [-0.2, 0) is 11.3 Å². The molecule has 1 aromatic carbocycles. The minimum atomic E-state index is -0.304. The van der Waals surface area contributed by atoms with Crippen molar-refractivity contribution in [2.75, 3.05) is 31.6 Å². The smallest absolute Gasteiger partial charge is 0.338 e. The molecule has 1 aromatic heterocycles. The Bertz CT molecular complexity index is 683. The van der Waals surface area contributed by atoms with E-state index >= 15 is 0 Å². The second kappa shape index (κ2) is 10.6. The summed E-state index contributed by atoms with van der Waals surface area (Å²) in [5.41, 5.74) is 1.32. The number of hydrogen-bond donors (Lipinski definition) is 3. The summed E-state index contributed by atoms with van der Waals surface area (Å²) in [6, 6.07) is 10.8. The quantitative estimate of drug-likeness (QED) is 0.458. The van der Waals surface area contributed by atoms with Crippen molar-refractivity contribution in [1.82, 2.24) is 5.32 Å². The molecular weight excluding hydrogens is 350 g/mol. The zero-order valence-electron chi connectivity index (χ0n) is 15.2. The number of quaternary nitrogens is 1. The lowest BCUT2D eigenvalue weighted by Crippen LogP contribution is -3.11. The molecule has 6 nitrogen and oxygen atoms in total. The van der Waals surface area contributed by atoms with Gasteiger partial charge in [-0.05, 0) is 62.5 Å². The zero-order valence-corrected chi connectivity index (χ0v) is 16.0. The Morgan fingerprint density at radius 3 is 2.54 bits per heavy atom. The van der Waals surface area contributed by atoms with Crippen LogP contribution in [0.25, 0.3) is 0 Å². The molecule has 26 heavy (non-hydrogen) atoms. The van der Waals surface area contributed by atoms with Gasteiger partial charge in [0, 0.05) is 5.69 Å². The number of likely N-dealkylation sites (N-methyl/N-ethyl adjacent to an activating group) is 1. The van der Waals surface area contributed by atoms with Crippen molar-refractivity contribution in [3.05, 3.63) is 54.0 Å². The van der Waals surface area contributed by atoms with Crippen LogP contribution in [0.15, 0.2) is 47.1 Å². The normalized spacial score (nSPS) is 10.6. The number of ether oxygens (including phenoxy) is 1. The summed E-state index contributed by atoms with van der Waals surface area (Å²) in [7, 11) is 0. The molecule has 0 saturated heterocycles. The second-order valence-electron chi connectivity index (χ2n) is 5.81. The van der Waals surface area contributed by atoms with E-state index in [1.54, 1.807) is 30.5 Å². The molecule has 0 bridgehead atoms. The fourth-order valence-electron chi connectivity index (χ4n) is 2.42. The van der Waals surface area contributed by atoms with E-state index in [-0.39, 0.29) is 5.97 Å². The summed E-state index contributed by atoms with van der Waals surface area (Å²) >= 11 is 5.24. The molecule has 0 atom stereocenters. The third kappa shape index (κ3) is 6.50. The Balaban J connectivity index is 1.76. The van der Waals surface area contributed by atoms with Gasteiger partial charge in [0.05, 0.1) is 31.5 Å². The fourth-order valence-corrected chi connectivity index (χ4v) is 2.61. The third-order valence-corrected chi connectivity index (χ3v) is 4.32. The average Bonchev–Trinajstić information content (AvgIpc) is 3.18. The Labute approximate surface area is 159 Å². The molecule has 1 heterocycles. The number of rotatable bonds is 9. The lowest BCUT2D eigenvalue weighted by atomic mass is 10.2. The number of benzene rings is 1. The maximum atomic E-state index is 12.1. The van der Waals surface area contributed by atoms with Crippen LogP contribution in [0.1, 0.15) is 30.0 Å². The van der Waals surface area contributed by atoms with Crippen LogP contribution in [-0.4, -0.2) is 37.3 Å². The SMILES string of the molecule is CC[NH+](CC)CCOC(=O)c1ccc(NC(=S)NCc2ccco2)cc1. The molecular formula is C19H26N3O3S+. The van der Waals surface area contributed by atoms with Gasteiger partial charge in [-0.3, -0.25) is 0 Å². The summed E-state index contributed by atoms with van der Waals surface area (Å²) in [6.07, 6.45) is 1.62. The molecule has 0 aliphatic heterocycles. The van der Waals surface area contributed by atoms with Crippen molar-refractivity contribution in [2.24, 2.45) is 0 Å². The van der Waals surface area contributed by atoms with Crippen molar-refractivity contribution in [2.45, 2.75) is 20.4 Å². The van der Waals surface area contributed by atoms with E-state index in [4.69, 9.17) is 21.4 Å². The van der Waals surface area contributed by atoms with Gasteiger partial charge in [0.1, 0.15) is 18.9 Å². The lowest BCUT2D eigenvalue weighted by Gasteiger charge is -2.15. The molecule has 3 N–H and O–H groups in total. The predicted molar refractivity (Wildman–Crippen MR) is 105 cm³/mol. The van der Waals surface area contributed by atoms with Gasteiger partial charge in [-0.2, -0.15) is 0 Å². The Morgan fingerprint density at radius 2 is 1.92 bits per heavy atom. The maximum Gasteiger partial charge on any atom is 0.338 e. The highest BCUT2D eigenvalue weighted by molar-refractivity contribution is 7.80. The third-order valence-electron chi connectivity index (χ3n) is 4.07. The predicted octanol–water partition coefficient (Wildman–Crippen LogP) is 1.85. The number of hydrogen-bond acceptors (Lipinski definition) is 4. The molecule has 0 radical (unpaired) electrons. The van der Waals surface area contributed by atoms with Crippen LogP contribution in [0.5, 0.6) is 0 Å². The molecule has 0 aliphatic rings. The van der Waals surface area contributed by atoms with Gasteiger partial charge in [0.2, 0.25) is 0 Å². The lowest BCUT2D eigenvalue weighted by molar-refractivity contribution is -0.896. The van der Waals surface area contributed by atoms with Crippen LogP contribution in [0, 0.1) is 0 Å². The van der Waals surface area contributed by atoms with Crippen molar-refractivity contribution in [1.29, 1.82) is 0 Å². The van der Waals surface area contributed by atoms with Crippen LogP contribution >= 0.6 is 12.2 Å².